The van der Waals surface area contributed by atoms with Crippen molar-refractivity contribution in [2.24, 2.45) is 4.99 Å². The summed E-state index contributed by atoms with van der Waals surface area (Å²) in [5.74, 6) is 2.21. The van der Waals surface area contributed by atoms with E-state index in [2.05, 4.69) is 4.99 Å². The summed E-state index contributed by atoms with van der Waals surface area (Å²) in [5, 5.41) is 0.828. The van der Waals surface area contributed by atoms with Crippen LogP contribution < -0.4 is 14.4 Å². The third-order valence-corrected chi connectivity index (χ3v) is 6.90. The fourth-order valence-corrected chi connectivity index (χ4v) is 5.99. The molecule has 2 atom stereocenters. The highest BCUT2D eigenvalue weighted by Gasteiger charge is 2.47. The predicted molar refractivity (Wildman–Crippen MR) is 100 cm³/mol. The van der Waals surface area contributed by atoms with E-state index in [4.69, 9.17) is 14.2 Å². The van der Waals surface area contributed by atoms with Crippen molar-refractivity contribution in [3.63, 3.8) is 0 Å². The van der Waals surface area contributed by atoms with Gasteiger partial charge in [0.05, 0.1) is 44.4 Å². The Balaban J connectivity index is 1.93. The highest BCUT2D eigenvalue weighted by atomic mass is 32.2. The van der Waals surface area contributed by atoms with E-state index >= 15 is 0 Å². The maximum Gasteiger partial charge on any atom is 0.164 e. The molecule has 7 nitrogen and oxygen atoms in total. The van der Waals surface area contributed by atoms with Crippen LogP contribution in [-0.4, -0.2) is 70.9 Å². The topological polar surface area (TPSA) is 77.4 Å². The van der Waals surface area contributed by atoms with Gasteiger partial charge in [0.2, 0.25) is 0 Å². The lowest BCUT2D eigenvalue weighted by molar-refractivity contribution is 0.219. The lowest BCUT2D eigenvalue weighted by Crippen LogP contribution is -2.39. The Bertz CT molecular complexity index is 766. The van der Waals surface area contributed by atoms with Crippen LogP contribution in [0.15, 0.2) is 23.2 Å². The number of aliphatic imine (C=N–C) groups is 1. The average Bonchev–Trinajstić information content (AvgIpc) is 3.05. The van der Waals surface area contributed by atoms with Crippen molar-refractivity contribution in [1.82, 2.24) is 0 Å². The van der Waals surface area contributed by atoms with Crippen LogP contribution in [0.3, 0.4) is 0 Å². The van der Waals surface area contributed by atoms with E-state index in [1.54, 1.807) is 33.1 Å². The molecule has 0 spiro atoms. The zero-order valence-corrected chi connectivity index (χ0v) is 16.1. The summed E-state index contributed by atoms with van der Waals surface area (Å²) in [6.07, 6.45) is 0. The largest absolute Gasteiger partial charge is 0.493 e. The molecular weight excluding hydrogens is 364 g/mol. The minimum atomic E-state index is -3.06. The number of sulfone groups is 1. The number of nitrogens with zero attached hydrogens (tertiary/aromatic N) is 2. The van der Waals surface area contributed by atoms with Gasteiger partial charge in [0.1, 0.15) is 0 Å². The van der Waals surface area contributed by atoms with Gasteiger partial charge in [-0.25, -0.2) is 8.42 Å². The van der Waals surface area contributed by atoms with E-state index in [0.717, 1.165) is 16.6 Å². The van der Waals surface area contributed by atoms with Gasteiger partial charge in [0.25, 0.3) is 0 Å². The van der Waals surface area contributed by atoms with Crippen molar-refractivity contribution in [3.8, 4) is 11.5 Å². The molecule has 2 heterocycles. The van der Waals surface area contributed by atoms with Gasteiger partial charge in [0.15, 0.2) is 26.5 Å². The lowest BCUT2D eigenvalue weighted by atomic mass is 10.1. The monoisotopic (exact) mass is 386 g/mol. The van der Waals surface area contributed by atoms with E-state index in [1.807, 2.05) is 23.1 Å². The van der Waals surface area contributed by atoms with Gasteiger partial charge < -0.3 is 19.1 Å². The van der Waals surface area contributed by atoms with Gasteiger partial charge >= 0.3 is 0 Å². The molecule has 0 bridgehead atoms. The van der Waals surface area contributed by atoms with Gasteiger partial charge in [-0.15, -0.1) is 0 Å². The van der Waals surface area contributed by atoms with Gasteiger partial charge in [-0.2, -0.15) is 0 Å². The first-order valence-corrected chi connectivity index (χ1v) is 10.7. The van der Waals surface area contributed by atoms with Gasteiger partial charge in [-0.05, 0) is 12.1 Å². The lowest BCUT2D eigenvalue weighted by Gasteiger charge is -2.27. The van der Waals surface area contributed by atoms with E-state index in [9.17, 15) is 8.42 Å². The Morgan fingerprint density at radius 3 is 2.64 bits per heavy atom. The maximum atomic E-state index is 12.0. The Kier molecular flexibility index (Phi) is 5.45. The molecule has 1 saturated heterocycles. The fraction of sp³-hybridized carbons (Fsp3) is 0.562. The molecule has 0 aromatic heterocycles. The number of hydrogen-bond acceptors (Lipinski definition) is 8. The first kappa shape index (κ1) is 18.3. The van der Waals surface area contributed by atoms with Crippen molar-refractivity contribution in [2.45, 2.75) is 12.1 Å². The van der Waals surface area contributed by atoms with Crippen molar-refractivity contribution in [3.05, 3.63) is 18.2 Å². The van der Waals surface area contributed by atoms with Crippen LogP contribution >= 0.6 is 11.8 Å². The highest BCUT2D eigenvalue weighted by Crippen LogP contribution is 2.38. The number of ether oxygens (including phenoxy) is 3. The van der Waals surface area contributed by atoms with Crippen LogP contribution in [0, 0.1) is 0 Å². The molecule has 0 amide bonds. The zero-order valence-electron chi connectivity index (χ0n) is 14.5. The molecule has 9 heteroatoms. The Morgan fingerprint density at radius 2 is 1.96 bits per heavy atom. The minimum absolute atomic E-state index is 0.107. The summed E-state index contributed by atoms with van der Waals surface area (Å²) in [4.78, 5) is 6.68. The zero-order chi connectivity index (χ0) is 18.0. The normalized spacial score (nSPS) is 24.1. The number of thioether (sulfide) groups is 1. The summed E-state index contributed by atoms with van der Waals surface area (Å²) in [5.41, 5.74) is 0.853. The molecule has 25 heavy (non-hydrogen) atoms. The predicted octanol–water partition coefficient (Wildman–Crippen LogP) is 1.43. The van der Waals surface area contributed by atoms with Crippen molar-refractivity contribution in [2.75, 3.05) is 50.1 Å². The van der Waals surface area contributed by atoms with Gasteiger partial charge in [0, 0.05) is 24.6 Å². The van der Waals surface area contributed by atoms with Crippen LogP contribution in [0.25, 0.3) is 0 Å². The number of benzene rings is 1. The number of methoxy groups -OCH3 is 3. The smallest absolute Gasteiger partial charge is 0.164 e. The summed E-state index contributed by atoms with van der Waals surface area (Å²) in [6.45, 7) is 0.608. The van der Waals surface area contributed by atoms with E-state index in [-0.39, 0.29) is 23.6 Å². The summed E-state index contributed by atoms with van der Waals surface area (Å²) in [6, 6.07) is 5.19. The fourth-order valence-electron chi connectivity index (χ4n) is 3.13. The molecule has 1 fully saturated rings. The third-order valence-electron chi connectivity index (χ3n) is 4.27. The van der Waals surface area contributed by atoms with Crippen LogP contribution in [-0.2, 0) is 14.6 Å². The molecule has 0 aliphatic carbocycles. The highest BCUT2D eigenvalue weighted by molar-refractivity contribution is 8.14. The number of anilines is 1. The second kappa shape index (κ2) is 7.43. The second-order valence-electron chi connectivity index (χ2n) is 5.87. The molecule has 2 aliphatic rings. The van der Waals surface area contributed by atoms with Crippen LogP contribution in [0.1, 0.15) is 0 Å². The molecule has 0 radical (unpaired) electrons. The van der Waals surface area contributed by atoms with Crippen LogP contribution in [0.2, 0.25) is 0 Å². The molecule has 0 saturated carbocycles. The van der Waals surface area contributed by atoms with Crippen molar-refractivity contribution in [1.29, 1.82) is 0 Å². The maximum absolute atomic E-state index is 12.0. The van der Waals surface area contributed by atoms with Crippen LogP contribution in [0.5, 0.6) is 11.5 Å². The average molecular weight is 386 g/mol. The molecule has 3 rings (SSSR count). The molecule has 1 aromatic carbocycles. The van der Waals surface area contributed by atoms with E-state index in [1.165, 1.54) is 0 Å². The molecule has 1 aromatic rings. The Labute approximate surface area is 152 Å². The Hall–Kier alpha value is -1.45. The molecule has 138 valence electrons. The SMILES string of the molecule is COCCSC1=N[C@@H]2CS(=O)(=O)C[C@@H]2N1c1ccc(OC)c(OC)c1. The first-order chi connectivity index (χ1) is 12.0. The summed E-state index contributed by atoms with van der Waals surface area (Å²) in [7, 11) is 1.76. The first-order valence-electron chi connectivity index (χ1n) is 7.90. The quantitative estimate of drug-likeness (QED) is 0.685. The molecular formula is C16H22N2O5S2. The third kappa shape index (κ3) is 3.73. The van der Waals surface area contributed by atoms with Gasteiger partial charge in [-0.1, -0.05) is 11.8 Å². The minimum Gasteiger partial charge on any atom is -0.493 e. The van der Waals surface area contributed by atoms with Crippen molar-refractivity contribution >= 4 is 32.5 Å². The van der Waals surface area contributed by atoms with Crippen molar-refractivity contribution < 1.29 is 22.6 Å². The number of rotatable bonds is 6. The number of fused-ring (bicyclic) bond motifs is 1. The standard InChI is InChI=1S/C16H22N2O5S2/c1-21-6-7-24-16-17-12-9-25(19,20)10-13(12)18(16)11-4-5-14(22-2)15(8-11)23-3/h4-5,8,12-13H,6-7,9-10H2,1-3H3/t12-,13+/m1/s1. The molecule has 2 aliphatic heterocycles. The van der Waals surface area contributed by atoms with Crippen LogP contribution in [0.4, 0.5) is 5.69 Å². The van der Waals surface area contributed by atoms with E-state index in [0.29, 0.717) is 18.1 Å². The molecule has 0 unspecified atom stereocenters. The number of hydrogen-bond donors (Lipinski definition) is 0. The van der Waals surface area contributed by atoms with Gasteiger partial charge in [-0.3, -0.25) is 4.99 Å². The Morgan fingerprint density at radius 1 is 1.20 bits per heavy atom. The number of amidine groups is 1. The summed E-state index contributed by atoms with van der Waals surface area (Å²) < 4.78 is 39.9. The van der Waals surface area contributed by atoms with E-state index < -0.39 is 9.84 Å². The molecule has 0 N–H and O–H groups in total. The summed E-state index contributed by atoms with van der Waals surface area (Å²) >= 11 is 1.58. The second-order valence-corrected chi connectivity index (χ2v) is 9.09.